The van der Waals surface area contributed by atoms with Crippen molar-refractivity contribution in [2.45, 2.75) is 33.6 Å². The summed E-state index contributed by atoms with van der Waals surface area (Å²) in [7, 11) is 0. The van der Waals surface area contributed by atoms with Crippen LogP contribution in [0.3, 0.4) is 0 Å². The molecule has 0 aromatic rings. The van der Waals surface area contributed by atoms with Gasteiger partial charge in [0.2, 0.25) is 0 Å². The third-order valence-corrected chi connectivity index (χ3v) is 1.89. The molecule has 0 spiro atoms. The lowest BCUT2D eigenvalue weighted by Gasteiger charge is -2.01. The summed E-state index contributed by atoms with van der Waals surface area (Å²) in [5, 5.41) is 11.8. The third kappa shape index (κ3) is 8.18. The predicted octanol–water partition coefficient (Wildman–Crippen LogP) is 3.33. The van der Waals surface area contributed by atoms with Gasteiger partial charge in [-0.3, -0.25) is 0 Å². The van der Waals surface area contributed by atoms with Crippen LogP contribution in [-0.4, -0.2) is 18.2 Å². The smallest absolute Gasteiger partial charge is 0.146 e. The highest BCUT2D eigenvalue weighted by Gasteiger charge is 2.03. The second kappa shape index (κ2) is 8.48. The van der Waals surface area contributed by atoms with Gasteiger partial charge in [-0.25, -0.2) is 4.39 Å². The van der Waals surface area contributed by atoms with Crippen molar-refractivity contribution >= 4 is 0 Å². The molecule has 2 N–H and O–H groups in total. The van der Waals surface area contributed by atoms with Crippen LogP contribution in [0.2, 0.25) is 0 Å². The van der Waals surface area contributed by atoms with Gasteiger partial charge in [0.05, 0.1) is 0 Å². The Morgan fingerprint density at radius 2 is 2.20 bits per heavy atom. The Labute approximate surface area is 91.9 Å². The lowest BCUT2D eigenvalue weighted by atomic mass is 10.1. The zero-order valence-electron chi connectivity index (χ0n) is 9.89. The van der Waals surface area contributed by atoms with Crippen LogP contribution in [-0.2, 0) is 0 Å². The number of allylic oxidation sites excluding steroid dienone is 3. The highest BCUT2D eigenvalue weighted by Crippen LogP contribution is 2.16. The standard InChI is InChI=1S/C6H7FO.C6H15N/c7-5-3-1-2-4-6(5)8;1-4-7-5-6(2)3/h2,4,8H,1,3H2;6-7H,4-5H2,1-3H3. The van der Waals surface area contributed by atoms with Crippen LogP contribution >= 0.6 is 0 Å². The number of aliphatic hydroxyl groups excluding tert-OH is 1. The van der Waals surface area contributed by atoms with E-state index in [2.05, 4.69) is 26.1 Å². The molecule has 0 aliphatic heterocycles. The van der Waals surface area contributed by atoms with Crippen molar-refractivity contribution in [1.29, 1.82) is 0 Å². The summed E-state index contributed by atoms with van der Waals surface area (Å²) in [5.74, 6) is 0.184. The number of hydrogen-bond donors (Lipinski definition) is 2. The Hall–Kier alpha value is -0.830. The number of nitrogens with one attached hydrogen (secondary N) is 1. The van der Waals surface area contributed by atoms with E-state index in [0.29, 0.717) is 12.8 Å². The van der Waals surface area contributed by atoms with Crippen molar-refractivity contribution in [2.75, 3.05) is 13.1 Å². The highest BCUT2D eigenvalue weighted by atomic mass is 19.1. The minimum absolute atomic E-state index is 0.212. The van der Waals surface area contributed by atoms with Crippen molar-refractivity contribution in [3.8, 4) is 0 Å². The van der Waals surface area contributed by atoms with Crippen LogP contribution in [0.1, 0.15) is 33.6 Å². The Morgan fingerprint density at radius 1 is 1.53 bits per heavy atom. The molecule has 1 aliphatic carbocycles. The monoisotopic (exact) mass is 215 g/mol. The SMILES string of the molecule is CCNCC(C)C.OC1=C(F)CCC=C1. The van der Waals surface area contributed by atoms with E-state index in [-0.39, 0.29) is 5.76 Å². The normalized spacial score (nSPS) is 15.3. The van der Waals surface area contributed by atoms with Crippen molar-refractivity contribution in [1.82, 2.24) is 5.32 Å². The van der Waals surface area contributed by atoms with Gasteiger partial charge in [0.15, 0.2) is 0 Å². The zero-order chi connectivity index (χ0) is 11.7. The van der Waals surface area contributed by atoms with E-state index >= 15 is 0 Å². The molecular formula is C12H22FNO. The van der Waals surface area contributed by atoms with Crippen molar-refractivity contribution in [2.24, 2.45) is 5.92 Å². The summed E-state index contributed by atoms with van der Waals surface area (Å²) in [5.41, 5.74) is 0. The largest absolute Gasteiger partial charge is 0.505 e. The number of halogens is 1. The fraction of sp³-hybridized carbons (Fsp3) is 0.667. The van der Waals surface area contributed by atoms with Crippen LogP contribution in [0.5, 0.6) is 0 Å². The lowest BCUT2D eigenvalue weighted by molar-refractivity contribution is 0.388. The molecule has 0 bridgehead atoms. The molecule has 0 saturated carbocycles. The minimum atomic E-state index is -0.396. The number of aliphatic hydroxyl groups is 1. The molecule has 0 fully saturated rings. The fourth-order valence-corrected chi connectivity index (χ4v) is 1.06. The first-order chi connectivity index (χ1) is 7.07. The maximum atomic E-state index is 12.2. The summed E-state index contributed by atoms with van der Waals surface area (Å²) in [6.07, 6.45) is 4.19. The molecular weight excluding hydrogens is 193 g/mol. The summed E-state index contributed by atoms with van der Waals surface area (Å²) in [4.78, 5) is 0. The quantitative estimate of drug-likeness (QED) is 0.757. The van der Waals surface area contributed by atoms with Gasteiger partial charge in [0.1, 0.15) is 11.6 Å². The molecule has 3 heteroatoms. The summed E-state index contributed by atoms with van der Waals surface area (Å²) >= 11 is 0. The van der Waals surface area contributed by atoms with Gasteiger partial charge in [-0.05, 0) is 31.5 Å². The average molecular weight is 215 g/mol. The summed E-state index contributed by atoms with van der Waals surface area (Å²) < 4.78 is 12.2. The molecule has 0 radical (unpaired) electrons. The van der Waals surface area contributed by atoms with Crippen molar-refractivity contribution in [3.63, 3.8) is 0 Å². The molecule has 0 atom stereocenters. The maximum Gasteiger partial charge on any atom is 0.146 e. The Bertz CT molecular complexity index is 222. The molecule has 0 amide bonds. The minimum Gasteiger partial charge on any atom is -0.505 e. The first kappa shape index (κ1) is 14.2. The summed E-state index contributed by atoms with van der Waals surface area (Å²) in [6, 6.07) is 0. The van der Waals surface area contributed by atoms with Crippen LogP contribution in [0.15, 0.2) is 23.7 Å². The first-order valence-electron chi connectivity index (χ1n) is 5.52. The molecule has 1 rings (SSSR count). The van der Waals surface area contributed by atoms with E-state index in [1.165, 1.54) is 6.08 Å². The molecule has 0 aromatic carbocycles. The molecule has 88 valence electrons. The van der Waals surface area contributed by atoms with E-state index in [9.17, 15) is 4.39 Å². The van der Waals surface area contributed by atoms with Gasteiger partial charge in [0.25, 0.3) is 0 Å². The van der Waals surface area contributed by atoms with Gasteiger partial charge in [0, 0.05) is 6.42 Å². The second-order valence-corrected chi connectivity index (χ2v) is 3.93. The van der Waals surface area contributed by atoms with Gasteiger partial charge >= 0.3 is 0 Å². The Kier molecular flexibility index (Phi) is 8.01. The molecule has 2 nitrogen and oxygen atoms in total. The van der Waals surface area contributed by atoms with Crippen LogP contribution in [0.4, 0.5) is 4.39 Å². The third-order valence-electron chi connectivity index (χ3n) is 1.89. The van der Waals surface area contributed by atoms with Crippen molar-refractivity contribution in [3.05, 3.63) is 23.7 Å². The molecule has 0 unspecified atom stereocenters. The molecule has 0 heterocycles. The van der Waals surface area contributed by atoms with Crippen LogP contribution in [0, 0.1) is 5.92 Å². The van der Waals surface area contributed by atoms with E-state index in [4.69, 9.17) is 5.11 Å². The first-order valence-corrected chi connectivity index (χ1v) is 5.52. The van der Waals surface area contributed by atoms with Gasteiger partial charge < -0.3 is 10.4 Å². The predicted molar refractivity (Wildman–Crippen MR) is 62.5 cm³/mol. The molecule has 0 aromatic heterocycles. The van der Waals surface area contributed by atoms with E-state index in [1.54, 1.807) is 6.08 Å². The number of hydrogen-bond acceptors (Lipinski definition) is 2. The van der Waals surface area contributed by atoms with Gasteiger partial charge in [-0.1, -0.05) is 26.8 Å². The van der Waals surface area contributed by atoms with Crippen molar-refractivity contribution < 1.29 is 9.50 Å². The zero-order valence-corrected chi connectivity index (χ0v) is 9.89. The topological polar surface area (TPSA) is 32.3 Å². The van der Waals surface area contributed by atoms with E-state index < -0.39 is 5.83 Å². The van der Waals surface area contributed by atoms with Crippen LogP contribution < -0.4 is 5.32 Å². The maximum absolute atomic E-state index is 12.2. The fourth-order valence-electron chi connectivity index (χ4n) is 1.06. The van der Waals surface area contributed by atoms with E-state index in [0.717, 1.165) is 19.0 Å². The van der Waals surface area contributed by atoms with Crippen LogP contribution in [0.25, 0.3) is 0 Å². The Balaban J connectivity index is 0.000000265. The van der Waals surface area contributed by atoms with E-state index in [1.807, 2.05) is 0 Å². The highest BCUT2D eigenvalue weighted by molar-refractivity contribution is 5.18. The molecule has 1 aliphatic rings. The molecule has 15 heavy (non-hydrogen) atoms. The number of rotatable bonds is 3. The van der Waals surface area contributed by atoms with Gasteiger partial charge in [-0.2, -0.15) is 0 Å². The Morgan fingerprint density at radius 3 is 2.47 bits per heavy atom. The summed E-state index contributed by atoms with van der Waals surface area (Å²) in [6.45, 7) is 8.79. The molecule has 0 saturated heterocycles. The lowest BCUT2D eigenvalue weighted by Crippen LogP contribution is -2.18. The second-order valence-electron chi connectivity index (χ2n) is 3.93. The average Bonchev–Trinajstić information content (AvgIpc) is 2.20. The van der Waals surface area contributed by atoms with Gasteiger partial charge in [-0.15, -0.1) is 0 Å².